The maximum absolute atomic E-state index is 14.8. The Kier molecular flexibility index (Phi) is 16.5. The number of rotatable bonds is 16. The zero-order chi connectivity index (χ0) is 52.7. The number of nitrogens with one attached hydrogen (secondary N) is 5. The van der Waals surface area contributed by atoms with Gasteiger partial charge in [-0.05, 0) is 108 Å². The summed E-state index contributed by atoms with van der Waals surface area (Å²) < 4.78 is 59.1. The molecule has 382 valence electrons. The Hall–Kier alpha value is -8.24. The molecule has 6 aromatic rings. The molecule has 0 saturated heterocycles. The van der Waals surface area contributed by atoms with E-state index in [2.05, 4.69) is 41.5 Å². The molecule has 0 atom stereocenters. The Morgan fingerprint density at radius 1 is 0.630 bits per heavy atom. The second-order valence-corrected chi connectivity index (χ2v) is 17.6. The van der Waals surface area contributed by atoms with E-state index >= 15 is 0 Å². The van der Waals surface area contributed by atoms with E-state index in [1.165, 1.54) is 24.3 Å². The lowest BCUT2D eigenvalue weighted by molar-refractivity contribution is 0.0696. The molecule has 22 heteroatoms. The third kappa shape index (κ3) is 11.8. The van der Waals surface area contributed by atoms with E-state index in [4.69, 9.17) is 4.98 Å². The first-order valence-electron chi connectivity index (χ1n) is 23.2. The van der Waals surface area contributed by atoms with Gasteiger partial charge in [0.2, 0.25) is 11.9 Å². The lowest BCUT2D eigenvalue weighted by Crippen LogP contribution is -2.43. The van der Waals surface area contributed by atoms with E-state index in [1.54, 1.807) is 31.2 Å². The van der Waals surface area contributed by atoms with Gasteiger partial charge in [-0.25, -0.2) is 51.7 Å². The molecule has 4 aromatic carbocycles. The fourth-order valence-corrected chi connectivity index (χ4v) is 8.00. The Labute approximate surface area is 418 Å². The van der Waals surface area contributed by atoms with Crippen molar-refractivity contribution in [1.82, 2.24) is 45.7 Å². The van der Waals surface area contributed by atoms with Crippen LogP contribution in [0.25, 0.3) is 22.5 Å². The minimum Gasteiger partial charge on any atom is -0.478 e. The normalized spacial score (nSPS) is 12.9. The number of fused-ring (bicyclic) bond motifs is 2. The number of aromatic carboxylic acids is 1. The molecule has 0 bridgehead atoms. The number of amides is 5. The van der Waals surface area contributed by atoms with Crippen molar-refractivity contribution in [2.45, 2.75) is 40.3 Å². The molecule has 5 amide bonds. The minimum atomic E-state index is -1.07. The number of halogens is 4. The van der Waals surface area contributed by atoms with Crippen LogP contribution in [-0.4, -0.2) is 120 Å². The van der Waals surface area contributed by atoms with Gasteiger partial charge in [0.15, 0.2) is 11.6 Å². The van der Waals surface area contributed by atoms with E-state index in [-0.39, 0.29) is 48.1 Å². The number of carboxylic acids is 1. The average molecular weight is 1010 g/mol. The molecule has 2 aliphatic heterocycles. The highest BCUT2D eigenvalue weighted by molar-refractivity contribution is 6.03. The van der Waals surface area contributed by atoms with Gasteiger partial charge in [0.25, 0.3) is 5.91 Å². The number of benzene rings is 4. The smallest absolute Gasteiger partial charge is 0.335 e. The molecule has 18 nitrogen and oxygen atoms in total. The predicted molar refractivity (Wildman–Crippen MR) is 270 cm³/mol. The third-order valence-corrected chi connectivity index (χ3v) is 11.6. The van der Waals surface area contributed by atoms with Crippen LogP contribution in [0, 0.1) is 37.1 Å². The maximum atomic E-state index is 14.8. The van der Waals surface area contributed by atoms with Crippen LogP contribution in [0.1, 0.15) is 56.3 Å². The highest BCUT2D eigenvalue weighted by Gasteiger charge is 2.36. The highest BCUT2D eigenvalue weighted by atomic mass is 19.1. The summed E-state index contributed by atoms with van der Waals surface area (Å²) in [4.78, 5) is 73.7. The molecular formula is C51H55F4N13O5. The Morgan fingerprint density at radius 2 is 1.04 bits per heavy atom. The zero-order valence-electron chi connectivity index (χ0n) is 41.3. The van der Waals surface area contributed by atoms with Crippen molar-refractivity contribution in [2.75, 3.05) is 81.3 Å². The number of anilines is 6. The Balaban J connectivity index is 0.000000214. The van der Waals surface area contributed by atoms with E-state index in [1.807, 2.05) is 51.8 Å². The Bertz CT molecular complexity index is 3040. The number of urea groups is 2. The van der Waals surface area contributed by atoms with Crippen LogP contribution in [0.15, 0.2) is 72.8 Å². The first-order valence-corrected chi connectivity index (χ1v) is 23.2. The van der Waals surface area contributed by atoms with Crippen molar-refractivity contribution in [3.8, 4) is 22.5 Å². The second-order valence-electron chi connectivity index (χ2n) is 17.6. The number of carbonyl (C=O) groups excluding carboxylic acids is 3. The number of para-hydroxylation sites is 2. The highest BCUT2D eigenvalue weighted by Crippen LogP contribution is 2.41. The monoisotopic (exact) mass is 1010 g/mol. The molecule has 0 spiro atoms. The summed E-state index contributed by atoms with van der Waals surface area (Å²) in [5.74, 6) is -4.37. The van der Waals surface area contributed by atoms with Crippen LogP contribution < -0.4 is 36.4 Å². The summed E-state index contributed by atoms with van der Waals surface area (Å²) in [7, 11) is 7.66. The predicted octanol–water partition coefficient (Wildman–Crippen LogP) is 7.97. The number of likely N-dealkylation sites (N-methyl/N-ethyl adjacent to an activating group) is 2. The van der Waals surface area contributed by atoms with Gasteiger partial charge in [-0.3, -0.25) is 4.79 Å². The summed E-state index contributed by atoms with van der Waals surface area (Å²) in [5.41, 5.74) is 4.11. The van der Waals surface area contributed by atoms with Gasteiger partial charge in [-0.15, -0.1) is 0 Å². The van der Waals surface area contributed by atoms with E-state index in [0.29, 0.717) is 77.5 Å². The van der Waals surface area contributed by atoms with Crippen LogP contribution in [0.5, 0.6) is 0 Å². The second kappa shape index (κ2) is 22.9. The van der Waals surface area contributed by atoms with Crippen LogP contribution in [-0.2, 0) is 13.1 Å². The van der Waals surface area contributed by atoms with Crippen molar-refractivity contribution in [1.29, 1.82) is 0 Å². The van der Waals surface area contributed by atoms with Crippen molar-refractivity contribution in [3.63, 3.8) is 0 Å². The molecule has 2 aromatic heterocycles. The van der Waals surface area contributed by atoms with Gasteiger partial charge < -0.3 is 41.5 Å². The topological polar surface area (TPSA) is 213 Å². The number of carboxylic acid groups (broad SMARTS) is 1. The molecule has 0 saturated carbocycles. The summed E-state index contributed by atoms with van der Waals surface area (Å²) in [6, 6.07) is 15.2. The number of hydrogen-bond acceptors (Lipinski definition) is 12. The van der Waals surface area contributed by atoms with Crippen molar-refractivity contribution in [2.24, 2.45) is 0 Å². The fraction of sp³-hybridized carbons (Fsp3) is 0.294. The summed E-state index contributed by atoms with van der Waals surface area (Å²) in [6.45, 7) is 8.55. The lowest BCUT2D eigenvalue weighted by Gasteiger charge is -2.31. The van der Waals surface area contributed by atoms with E-state index in [0.717, 1.165) is 46.0 Å². The summed E-state index contributed by atoms with van der Waals surface area (Å²) >= 11 is 0. The molecule has 0 fully saturated rings. The van der Waals surface area contributed by atoms with Crippen molar-refractivity contribution in [3.05, 3.63) is 129 Å². The summed E-state index contributed by atoms with van der Waals surface area (Å²) in [5, 5.41) is 23.8. The van der Waals surface area contributed by atoms with Gasteiger partial charge >= 0.3 is 18.0 Å². The minimum absolute atomic E-state index is 0.0220. The number of hydrogen-bond donors (Lipinski definition) is 6. The molecule has 8 rings (SSSR count). The maximum Gasteiger partial charge on any atom is 0.335 e. The lowest BCUT2D eigenvalue weighted by atomic mass is 9.98. The number of aryl methyl sites for hydroxylation is 2. The van der Waals surface area contributed by atoms with Crippen LogP contribution in [0.2, 0.25) is 0 Å². The van der Waals surface area contributed by atoms with Crippen LogP contribution in [0.4, 0.5) is 62.1 Å². The average Bonchev–Trinajstić information content (AvgIpc) is 3.34. The quantitative estimate of drug-likeness (QED) is 0.0509. The SMILES string of the molecule is CCCNC(=O)c1ccc(-c2nc(NCCN(C)C)nc3c2CNC(=O)N3c2c(F)cccc2F)c(C)c1.Cc1cc(C(=O)O)ccc1-c1nc(NCCN(C)C)nc2c1CNC(=O)N2c1c(F)cccc1F. The number of carbonyl (C=O) groups is 4. The molecule has 0 radical (unpaired) electrons. The first-order chi connectivity index (χ1) is 34.9. The molecule has 0 aliphatic carbocycles. The van der Waals surface area contributed by atoms with Gasteiger partial charge in [-0.2, -0.15) is 9.97 Å². The molecule has 6 N–H and O–H groups in total. The first kappa shape index (κ1) is 52.6. The molecular weight excluding hydrogens is 951 g/mol. The number of nitrogens with zero attached hydrogens (tertiary/aromatic N) is 8. The van der Waals surface area contributed by atoms with Crippen LogP contribution in [0.3, 0.4) is 0 Å². The fourth-order valence-electron chi connectivity index (χ4n) is 8.00. The summed E-state index contributed by atoms with van der Waals surface area (Å²) in [6.07, 6.45) is 0.824. The third-order valence-electron chi connectivity index (χ3n) is 11.6. The Morgan fingerprint density at radius 3 is 1.42 bits per heavy atom. The van der Waals surface area contributed by atoms with E-state index < -0.39 is 52.7 Å². The van der Waals surface area contributed by atoms with Gasteiger partial charge in [-0.1, -0.05) is 31.2 Å². The van der Waals surface area contributed by atoms with Crippen molar-refractivity contribution < 1.29 is 41.8 Å². The molecule has 73 heavy (non-hydrogen) atoms. The van der Waals surface area contributed by atoms with Crippen LogP contribution >= 0.6 is 0 Å². The molecule has 4 heterocycles. The van der Waals surface area contributed by atoms with Gasteiger partial charge in [0.1, 0.15) is 34.6 Å². The van der Waals surface area contributed by atoms with Gasteiger partial charge in [0, 0.05) is 60.5 Å². The standard InChI is InChI=1S/C27H31F2N7O2.C24H24F2N6O3/c1-5-11-30-25(37)17-9-10-18(16(2)14-17)22-19-15-32-27(38)36(23-20(28)7-6-8-21(23)29)24(19)34-26(33-22)31-12-13-35(3)4;1-13-11-14(22(33)34)7-8-15(13)19-16-12-28-24(35)32(20-17(25)5-4-6-18(20)26)21(16)30-23(29-19)27-9-10-31(2)3/h6-10,14H,5,11-13,15H2,1-4H3,(H,30,37)(H,32,38)(H,31,33,34);4-8,11H,9-10,12H2,1-3H3,(H,28,35)(H,33,34)(H,27,29,30). The molecule has 2 aliphatic rings. The van der Waals surface area contributed by atoms with E-state index in [9.17, 15) is 41.8 Å². The number of aromatic nitrogens is 4. The van der Waals surface area contributed by atoms with Crippen molar-refractivity contribution >= 4 is 58.8 Å². The zero-order valence-corrected chi connectivity index (χ0v) is 41.3. The molecule has 0 unspecified atom stereocenters. The van der Waals surface area contributed by atoms with Gasteiger partial charge in [0.05, 0.1) is 30.0 Å². The largest absolute Gasteiger partial charge is 0.478 e.